The highest BCUT2D eigenvalue weighted by molar-refractivity contribution is 6.27. The zero-order chi connectivity index (χ0) is 7.23. The summed E-state index contributed by atoms with van der Waals surface area (Å²) in [6.07, 6.45) is 4.76. The van der Waals surface area contributed by atoms with Crippen molar-refractivity contribution in [1.82, 2.24) is 9.94 Å². The fourth-order valence-corrected chi connectivity index (χ4v) is 1.39. The average molecular weight is 156 g/mol. The molecule has 1 heterocycles. The van der Waals surface area contributed by atoms with Crippen molar-refractivity contribution >= 4 is 9.76 Å². The van der Waals surface area contributed by atoms with Crippen molar-refractivity contribution in [2.75, 3.05) is 0 Å². The molecule has 4 heteroatoms. The summed E-state index contributed by atoms with van der Waals surface area (Å²) in [6.45, 7) is 2.17. The quantitative estimate of drug-likeness (QED) is 0.461. The SMILES string of the molecule is CCC[SiH2]On1cccn1. The third-order valence-corrected chi connectivity index (χ3v) is 2.64. The molecule has 0 saturated heterocycles. The molecule has 3 nitrogen and oxygen atoms in total. The lowest BCUT2D eigenvalue weighted by atomic mass is 10.6. The van der Waals surface area contributed by atoms with E-state index in [1.165, 1.54) is 12.5 Å². The van der Waals surface area contributed by atoms with Gasteiger partial charge in [-0.05, 0) is 12.1 Å². The minimum atomic E-state index is -0.357. The van der Waals surface area contributed by atoms with Gasteiger partial charge < -0.3 is 4.53 Å². The van der Waals surface area contributed by atoms with Crippen LogP contribution in [-0.4, -0.2) is 19.7 Å². The Morgan fingerprint density at radius 3 is 3.20 bits per heavy atom. The topological polar surface area (TPSA) is 27.1 Å². The molecule has 0 amide bonds. The Morgan fingerprint density at radius 1 is 1.70 bits per heavy atom. The molecule has 0 spiro atoms. The molecule has 1 aromatic heterocycles. The molecule has 0 atom stereocenters. The van der Waals surface area contributed by atoms with Gasteiger partial charge in [0.05, 0.1) is 12.4 Å². The lowest BCUT2D eigenvalue weighted by molar-refractivity contribution is 0.245. The molecule has 1 aromatic rings. The van der Waals surface area contributed by atoms with E-state index in [0.29, 0.717) is 0 Å². The summed E-state index contributed by atoms with van der Waals surface area (Å²) in [5, 5.41) is 3.92. The summed E-state index contributed by atoms with van der Waals surface area (Å²) in [4.78, 5) is 1.54. The van der Waals surface area contributed by atoms with E-state index >= 15 is 0 Å². The second-order valence-corrected chi connectivity index (χ2v) is 3.47. The predicted octanol–water partition coefficient (Wildman–Crippen LogP) is 0.224. The van der Waals surface area contributed by atoms with Crippen LogP contribution in [0.1, 0.15) is 13.3 Å². The minimum Gasteiger partial charge on any atom is -0.464 e. The Balaban J connectivity index is 2.15. The van der Waals surface area contributed by atoms with Crippen LogP contribution in [0.25, 0.3) is 0 Å². The van der Waals surface area contributed by atoms with Crippen molar-refractivity contribution in [3.63, 3.8) is 0 Å². The zero-order valence-electron chi connectivity index (χ0n) is 6.16. The highest BCUT2D eigenvalue weighted by atomic mass is 28.2. The maximum Gasteiger partial charge on any atom is 0.257 e. The van der Waals surface area contributed by atoms with Gasteiger partial charge in [0.2, 0.25) is 0 Å². The molecule has 0 saturated carbocycles. The first-order valence-corrected chi connectivity index (χ1v) is 5.14. The number of hydrogen-bond donors (Lipinski definition) is 0. The van der Waals surface area contributed by atoms with Crippen LogP contribution in [0.5, 0.6) is 0 Å². The fraction of sp³-hybridized carbons (Fsp3) is 0.500. The van der Waals surface area contributed by atoms with Gasteiger partial charge in [0.15, 0.2) is 0 Å². The molecule has 10 heavy (non-hydrogen) atoms. The Labute approximate surface area is 62.9 Å². The predicted molar refractivity (Wildman–Crippen MR) is 42.4 cm³/mol. The third kappa shape index (κ3) is 2.22. The van der Waals surface area contributed by atoms with Gasteiger partial charge in [-0.2, -0.15) is 0 Å². The molecule has 0 aliphatic heterocycles. The number of nitrogens with zero attached hydrogens (tertiary/aromatic N) is 2. The maximum absolute atomic E-state index is 5.33. The summed E-state index contributed by atoms with van der Waals surface area (Å²) >= 11 is 0. The third-order valence-electron chi connectivity index (χ3n) is 1.20. The van der Waals surface area contributed by atoms with E-state index < -0.39 is 0 Å². The molecule has 0 N–H and O–H groups in total. The van der Waals surface area contributed by atoms with E-state index in [0.717, 1.165) is 0 Å². The van der Waals surface area contributed by atoms with Crippen molar-refractivity contribution < 1.29 is 4.53 Å². The van der Waals surface area contributed by atoms with Gasteiger partial charge in [-0.1, -0.05) is 13.3 Å². The standard InChI is InChI=1S/C6H12N2OSi/c1-2-6-10-9-8-5-3-4-7-8/h3-5H,2,6,10H2,1H3. The first-order valence-electron chi connectivity index (χ1n) is 3.56. The lowest BCUT2D eigenvalue weighted by Gasteiger charge is -2.02. The second-order valence-electron chi connectivity index (χ2n) is 2.10. The summed E-state index contributed by atoms with van der Waals surface area (Å²) in [7, 11) is -0.357. The van der Waals surface area contributed by atoms with Crippen molar-refractivity contribution in [2.24, 2.45) is 0 Å². The normalized spacial score (nSPS) is 10.9. The number of aromatic nitrogens is 2. The first-order chi connectivity index (χ1) is 4.93. The van der Waals surface area contributed by atoms with Gasteiger partial charge in [-0.25, -0.2) is 0 Å². The highest BCUT2D eigenvalue weighted by Crippen LogP contribution is 1.84. The summed E-state index contributed by atoms with van der Waals surface area (Å²) < 4.78 is 5.33. The van der Waals surface area contributed by atoms with E-state index in [1.54, 1.807) is 11.0 Å². The van der Waals surface area contributed by atoms with Gasteiger partial charge in [-0.15, -0.1) is 9.94 Å². The van der Waals surface area contributed by atoms with Gasteiger partial charge in [-0.3, -0.25) is 0 Å². The molecule has 0 radical (unpaired) electrons. The molecule has 0 unspecified atom stereocenters. The van der Waals surface area contributed by atoms with Gasteiger partial charge in [0.1, 0.15) is 0 Å². The Kier molecular flexibility index (Phi) is 3.01. The molecular weight excluding hydrogens is 144 g/mol. The van der Waals surface area contributed by atoms with Crippen LogP contribution in [-0.2, 0) is 0 Å². The summed E-state index contributed by atoms with van der Waals surface area (Å²) in [5.74, 6) is 0. The van der Waals surface area contributed by atoms with Crippen molar-refractivity contribution in [3.05, 3.63) is 18.5 Å². The number of hydrogen-bond acceptors (Lipinski definition) is 2. The van der Waals surface area contributed by atoms with Crippen LogP contribution < -0.4 is 4.53 Å². The Morgan fingerprint density at radius 2 is 2.60 bits per heavy atom. The van der Waals surface area contributed by atoms with Crippen LogP contribution in [0.4, 0.5) is 0 Å². The molecule has 0 bridgehead atoms. The van der Waals surface area contributed by atoms with E-state index in [9.17, 15) is 0 Å². The maximum atomic E-state index is 5.33. The summed E-state index contributed by atoms with van der Waals surface area (Å²) in [6, 6.07) is 3.08. The molecule has 0 aromatic carbocycles. The molecule has 56 valence electrons. The minimum absolute atomic E-state index is 0.357. The van der Waals surface area contributed by atoms with Gasteiger partial charge in [0, 0.05) is 0 Å². The van der Waals surface area contributed by atoms with Crippen LogP contribution in [0, 0.1) is 0 Å². The van der Waals surface area contributed by atoms with E-state index in [4.69, 9.17) is 4.53 Å². The van der Waals surface area contributed by atoms with Crippen molar-refractivity contribution in [2.45, 2.75) is 19.4 Å². The van der Waals surface area contributed by atoms with E-state index in [-0.39, 0.29) is 9.76 Å². The van der Waals surface area contributed by atoms with E-state index in [2.05, 4.69) is 12.0 Å². The van der Waals surface area contributed by atoms with Crippen molar-refractivity contribution in [1.29, 1.82) is 0 Å². The monoisotopic (exact) mass is 156 g/mol. The highest BCUT2D eigenvalue weighted by Gasteiger charge is 1.88. The van der Waals surface area contributed by atoms with Gasteiger partial charge >= 0.3 is 0 Å². The first kappa shape index (κ1) is 7.34. The number of rotatable bonds is 4. The fourth-order valence-electron chi connectivity index (χ4n) is 0.634. The van der Waals surface area contributed by atoms with Crippen molar-refractivity contribution in [3.8, 4) is 0 Å². The summed E-state index contributed by atoms with van der Waals surface area (Å²) in [5.41, 5.74) is 0. The zero-order valence-corrected chi connectivity index (χ0v) is 7.57. The molecule has 0 aliphatic carbocycles. The Bertz CT molecular complexity index is 164. The molecule has 0 fully saturated rings. The molecule has 0 aliphatic rings. The van der Waals surface area contributed by atoms with Crippen LogP contribution in [0.3, 0.4) is 0 Å². The smallest absolute Gasteiger partial charge is 0.257 e. The second kappa shape index (κ2) is 4.11. The van der Waals surface area contributed by atoms with Crippen LogP contribution in [0.2, 0.25) is 6.04 Å². The largest absolute Gasteiger partial charge is 0.464 e. The van der Waals surface area contributed by atoms with Gasteiger partial charge in [0.25, 0.3) is 9.76 Å². The Hall–Kier alpha value is -0.773. The molecular formula is C6H12N2OSi. The molecule has 1 rings (SSSR count). The van der Waals surface area contributed by atoms with Crippen LogP contribution in [0.15, 0.2) is 18.5 Å². The van der Waals surface area contributed by atoms with Crippen LogP contribution >= 0.6 is 0 Å². The average Bonchev–Trinajstić information content (AvgIpc) is 2.41. The lowest BCUT2D eigenvalue weighted by Crippen LogP contribution is -2.15. The van der Waals surface area contributed by atoms with E-state index in [1.807, 2.05) is 12.3 Å².